The van der Waals surface area contributed by atoms with Crippen LogP contribution in [0.3, 0.4) is 0 Å². The van der Waals surface area contributed by atoms with Gasteiger partial charge in [0.2, 0.25) is 0 Å². The van der Waals surface area contributed by atoms with Crippen molar-refractivity contribution >= 4 is 22.2 Å². The van der Waals surface area contributed by atoms with Crippen LogP contribution in [-0.4, -0.2) is 5.91 Å². The average molecular weight is 382 g/mol. The number of carbonyl (C=O) groups is 1. The van der Waals surface area contributed by atoms with E-state index in [9.17, 15) is 9.18 Å². The van der Waals surface area contributed by atoms with E-state index in [0.29, 0.717) is 17.4 Å². The summed E-state index contributed by atoms with van der Waals surface area (Å²) in [4.78, 5) is 14.1. The summed E-state index contributed by atoms with van der Waals surface area (Å²) >= 11 is 1.69. The molecule has 0 bridgehead atoms. The second kappa shape index (κ2) is 6.23. The van der Waals surface area contributed by atoms with Crippen LogP contribution in [0.2, 0.25) is 0 Å². The number of rotatable bonds is 2. The van der Waals surface area contributed by atoms with Gasteiger partial charge in [-0.3, -0.25) is 4.79 Å². The lowest BCUT2D eigenvalue weighted by molar-refractivity contribution is 0.0930. The van der Waals surface area contributed by atoms with Crippen molar-refractivity contribution in [2.24, 2.45) is 5.92 Å². The van der Waals surface area contributed by atoms with E-state index >= 15 is 0 Å². The van der Waals surface area contributed by atoms with Gasteiger partial charge in [0, 0.05) is 10.4 Å². The van der Waals surface area contributed by atoms with E-state index in [-0.39, 0.29) is 11.7 Å². The molecule has 138 valence electrons. The molecule has 0 spiro atoms. The van der Waals surface area contributed by atoms with E-state index in [1.54, 1.807) is 23.5 Å². The van der Waals surface area contributed by atoms with Crippen LogP contribution >= 0.6 is 11.3 Å². The number of amides is 1. The maximum atomic E-state index is 13.1. The molecule has 1 aliphatic carbocycles. The summed E-state index contributed by atoms with van der Waals surface area (Å²) in [6.45, 7) is 2.26. The van der Waals surface area contributed by atoms with Gasteiger partial charge in [0.25, 0.3) is 5.91 Å². The van der Waals surface area contributed by atoms with E-state index < -0.39 is 6.17 Å². The van der Waals surface area contributed by atoms with Crippen LogP contribution in [0.5, 0.6) is 0 Å². The maximum Gasteiger partial charge on any atom is 0.256 e. The highest BCUT2D eigenvalue weighted by atomic mass is 32.1. The summed E-state index contributed by atoms with van der Waals surface area (Å²) in [5.74, 6) is 1.62. The molecule has 1 aliphatic heterocycles. The van der Waals surface area contributed by atoms with Crippen LogP contribution < -0.4 is 10.6 Å². The quantitative estimate of drug-likeness (QED) is 0.646. The predicted molar refractivity (Wildman–Crippen MR) is 103 cm³/mol. The molecule has 0 saturated heterocycles. The third-order valence-electron chi connectivity index (χ3n) is 5.33. The number of furan rings is 1. The van der Waals surface area contributed by atoms with E-state index in [0.717, 1.165) is 35.4 Å². The highest BCUT2D eigenvalue weighted by molar-refractivity contribution is 7.16. The lowest BCUT2D eigenvalue weighted by Crippen LogP contribution is -2.38. The van der Waals surface area contributed by atoms with Crippen molar-refractivity contribution < 1.29 is 13.6 Å². The van der Waals surface area contributed by atoms with E-state index in [2.05, 4.69) is 17.6 Å². The number of carbonyl (C=O) groups excluding carboxylic acids is 1. The van der Waals surface area contributed by atoms with Crippen LogP contribution in [0.15, 0.2) is 40.8 Å². The Hall–Kier alpha value is -2.60. The highest BCUT2D eigenvalue weighted by Crippen LogP contribution is 2.42. The SMILES string of the molecule is CC1CCc2c(sc3c2C(=O)NC(c2ccc(-c4ccc(F)cc4)o2)N3)C1. The monoisotopic (exact) mass is 382 g/mol. The summed E-state index contributed by atoms with van der Waals surface area (Å²) in [6, 6.07) is 9.85. The van der Waals surface area contributed by atoms with Crippen molar-refractivity contribution in [2.75, 3.05) is 5.32 Å². The molecule has 3 aromatic rings. The van der Waals surface area contributed by atoms with Crippen LogP contribution in [0, 0.1) is 11.7 Å². The molecular weight excluding hydrogens is 363 g/mol. The second-order valence-electron chi connectivity index (χ2n) is 7.32. The fourth-order valence-corrected chi connectivity index (χ4v) is 5.32. The first-order valence-corrected chi connectivity index (χ1v) is 9.98. The molecular formula is C21H19FN2O2S. The Morgan fingerprint density at radius 3 is 2.78 bits per heavy atom. The summed E-state index contributed by atoms with van der Waals surface area (Å²) < 4.78 is 19.1. The molecule has 2 atom stereocenters. The van der Waals surface area contributed by atoms with E-state index in [1.165, 1.54) is 22.6 Å². The van der Waals surface area contributed by atoms with Gasteiger partial charge in [-0.1, -0.05) is 6.92 Å². The molecule has 2 N–H and O–H groups in total. The third-order valence-corrected chi connectivity index (χ3v) is 6.52. The Morgan fingerprint density at radius 2 is 1.96 bits per heavy atom. The molecule has 2 aromatic heterocycles. The third kappa shape index (κ3) is 2.84. The van der Waals surface area contributed by atoms with Gasteiger partial charge < -0.3 is 15.1 Å². The van der Waals surface area contributed by atoms with Gasteiger partial charge in [0.15, 0.2) is 6.17 Å². The largest absolute Gasteiger partial charge is 0.457 e. The number of hydrogen-bond acceptors (Lipinski definition) is 4. The zero-order valence-corrected chi connectivity index (χ0v) is 15.7. The van der Waals surface area contributed by atoms with Gasteiger partial charge in [0.1, 0.15) is 22.3 Å². The Balaban J connectivity index is 1.44. The molecule has 0 saturated carbocycles. The van der Waals surface area contributed by atoms with Crippen molar-refractivity contribution in [3.63, 3.8) is 0 Å². The first kappa shape index (κ1) is 16.6. The molecule has 4 nitrogen and oxygen atoms in total. The molecule has 6 heteroatoms. The van der Waals surface area contributed by atoms with Crippen LogP contribution in [0.25, 0.3) is 11.3 Å². The number of halogens is 1. The molecule has 2 unspecified atom stereocenters. The van der Waals surface area contributed by atoms with Gasteiger partial charge >= 0.3 is 0 Å². The molecule has 5 rings (SSSR count). The van der Waals surface area contributed by atoms with Gasteiger partial charge in [-0.25, -0.2) is 4.39 Å². The van der Waals surface area contributed by atoms with Crippen molar-refractivity contribution in [1.82, 2.24) is 5.32 Å². The lowest BCUT2D eigenvalue weighted by atomic mass is 9.88. The molecule has 1 amide bonds. The zero-order chi connectivity index (χ0) is 18.5. The first-order chi connectivity index (χ1) is 13.1. The number of hydrogen-bond donors (Lipinski definition) is 2. The minimum atomic E-state index is -0.406. The topological polar surface area (TPSA) is 54.3 Å². The fourth-order valence-electron chi connectivity index (χ4n) is 3.88. The van der Waals surface area contributed by atoms with Crippen LogP contribution in [0.1, 0.15) is 46.1 Å². The summed E-state index contributed by atoms with van der Waals surface area (Å²) in [6.07, 6.45) is 2.74. The standard InChI is InChI=1S/C21H19FN2O2S/c1-11-2-7-14-17(10-11)27-21-18(14)20(25)23-19(24-21)16-9-8-15(26-16)12-3-5-13(22)6-4-12/h3-6,8-9,11,19,24H,2,7,10H2,1H3,(H,23,25). The van der Waals surface area contributed by atoms with Gasteiger partial charge in [-0.05, 0) is 67.1 Å². The molecule has 3 heterocycles. The molecule has 2 aliphatic rings. The fraction of sp³-hybridized carbons (Fsp3) is 0.286. The first-order valence-electron chi connectivity index (χ1n) is 9.16. The highest BCUT2D eigenvalue weighted by Gasteiger charge is 2.34. The number of thiophene rings is 1. The second-order valence-corrected chi connectivity index (χ2v) is 8.42. The van der Waals surface area contributed by atoms with Crippen molar-refractivity contribution in [3.05, 3.63) is 64.0 Å². The lowest BCUT2D eigenvalue weighted by Gasteiger charge is -2.25. The Morgan fingerprint density at radius 1 is 1.15 bits per heavy atom. The average Bonchev–Trinajstić information content (AvgIpc) is 3.26. The van der Waals surface area contributed by atoms with Gasteiger partial charge in [-0.15, -0.1) is 11.3 Å². The zero-order valence-electron chi connectivity index (χ0n) is 14.8. The summed E-state index contributed by atoms with van der Waals surface area (Å²) in [7, 11) is 0. The minimum Gasteiger partial charge on any atom is -0.457 e. The Bertz CT molecular complexity index is 1020. The number of benzene rings is 1. The summed E-state index contributed by atoms with van der Waals surface area (Å²) in [5.41, 5.74) is 2.82. The van der Waals surface area contributed by atoms with Crippen molar-refractivity contribution in [3.8, 4) is 11.3 Å². The van der Waals surface area contributed by atoms with Crippen molar-refractivity contribution in [1.29, 1.82) is 0 Å². The van der Waals surface area contributed by atoms with Crippen LogP contribution in [-0.2, 0) is 12.8 Å². The van der Waals surface area contributed by atoms with E-state index in [4.69, 9.17) is 4.42 Å². The van der Waals surface area contributed by atoms with Crippen LogP contribution in [0.4, 0.5) is 9.39 Å². The number of fused-ring (bicyclic) bond motifs is 3. The predicted octanol–water partition coefficient (Wildman–Crippen LogP) is 5.13. The van der Waals surface area contributed by atoms with E-state index in [1.807, 2.05) is 12.1 Å². The molecule has 0 fully saturated rings. The Kier molecular flexibility index (Phi) is 3.82. The smallest absolute Gasteiger partial charge is 0.256 e. The van der Waals surface area contributed by atoms with Gasteiger partial charge in [-0.2, -0.15) is 0 Å². The van der Waals surface area contributed by atoms with Crippen molar-refractivity contribution in [2.45, 2.75) is 32.4 Å². The maximum absolute atomic E-state index is 13.1. The minimum absolute atomic E-state index is 0.0412. The normalized spacial score (nSPS) is 21.2. The number of nitrogens with one attached hydrogen (secondary N) is 2. The van der Waals surface area contributed by atoms with Gasteiger partial charge in [0.05, 0.1) is 5.56 Å². The molecule has 1 aromatic carbocycles. The molecule has 27 heavy (non-hydrogen) atoms. The Labute approximate surface area is 160 Å². The summed E-state index contributed by atoms with van der Waals surface area (Å²) in [5, 5.41) is 7.37. The number of anilines is 1. The molecule has 0 radical (unpaired) electrons.